The van der Waals surface area contributed by atoms with Crippen molar-refractivity contribution in [2.24, 2.45) is 0 Å². The van der Waals surface area contributed by atoms with E-state index in [1.807, 2.05) is 0 Å². The van der Waals surface area contributed by atoms with Crippen molar-refractivity contribution in [1.82, 2.24) is 5.32 Å². The van der Waals surface area contributed by atoms with Crippen LogP contribution in [0.25, 0.3) is 0 Å². The fraction of sp³-hybridized carbons (Fsp3) is 0.500. The van der Waals surface area contributed by atoms with Gasteiger partial charge in [0.1, 0.15) is 11.6 Å². The van der Waals surface area contributed by atoms with Gasteiger partial charge >= 0.3 is 0 Å². The van der Waals surface area contributed by atoms with Crippen molar-refractivity contribution >= 4 is 0 Å². The average molecular weight is 261 g/mol. The Labute approximate surface area is 104 Å². The normalized spacial score (nSPS) is 14.5. The summed E-state index contributed by atoms with van der Waals surface area (Å²) in [6, 6.07) is 3.40. The molecule has 4 nitrogen and oxygen atoms in total. The third-order valence-corrected chi connectivity index (χ3v) is 2.41. The molecule has 0 spiro atoms. The van der Waals surface area contributed by atoms with Crippen LogP contribution in [-0.4, -0.2) is 43.1 Å². The Morgan fingerprint density at radius 3 is 2.39 bits per heavy atom. The zero-order valence-corrected chi connectivity index (χ0v) is 10.1. The van der Waals surface area contributed by atoms with Gasteiger partial charge in [0.2, 0.25) is 0 Å². The van der Waals surface area contributed by atoms with Crippen LogP contribution in [-0.2, 0) is 4.74 Å². The third-order valence-electron chi connectivity index (χ3n) is 2.41. The van der Waals surface area contributed by atoms with Crippen LogP contribution < -0.4 is 5.32 Å². The molecule has 3 N–H and O–H groups in total. The highest BCUT2D eigenvalue weighted by Gasteiger charge is 2.17. The van der Waals surface area contributed by atoms with Gasteiger partial charge in [0.15, 0.2) is 0 Å². The largest absolute Gasteiger partial charge is 0.389 e. The van der Waals surface area contributed by atoms with E-state index in [-0.39, 0.29) is 25.3 Å². The van der Waals surface area contributed by atoms with Gasteiger partial charge in [-0.1, -0.05) is 6.07 Å². The molecule has 1 aromatic carbocycles. The first-order valence-electron chi connectivity index (χ1n) is 5.56. The van der Waals surface area contributed by atoms with Crippen molar-refractivity contribution in [2.75, 3.05) is 26.8 Å². The summed E-state index contributed by atoms with van der Waals surface area (Å²) in [4.78, 5) is 0. The van der Waals surface area contributed by atoms with Crippen molar-refractivity contribution < 1.29 is 23.7 Å². The van der Waals surface area contributed by atoms with Gasteiger partial charge in [-0.05, 0) is 12.1 Å². The van der Waals surface area contributed by atoms with Gasteiger partial charge in [-0.15, -0.1) is 0 Å². The molecule has 0 saturated carbocycles. The van der Waals surface area contributed by atoms with E-state index in [4.69, 9.17) is 4.74 Å². The number of rotatable bonds is 7. The van der Waals surface area contributed by atoms with E-state index in [9.17, 15) is 19.0 Å². The van der Waals surface area contributed by atoms with Gasteiger partial charge < -0.3 is 20.3 Å². The number of methoxy groups -OCH3 is 1. The second-order valence-electron chi connectivity index (χ2n) is 3.92. The van der Waals surface area contributed by atoms with Crippen LogP contribution in [0.15, 0.2) is 18.2 Å². The van der Waals surface area contributed by atoms with E-state index < -0.39 is 23.8 Å². The Kier molecular flexibility index (Phi) is 6.14. The smallest absolute Gasteiger partial charge is 0.131 e. The van der Waals surface area contributed by atoms with Crippen molar-refractivity contribution in [3.8, 4) is 0 Å². The van der Waals surface area contributed by atoms with Crippen LogP contribution in [0.5, 0.6) is 0 Å². The fourth-order valence-electron chi connectivity index (χ4n) is 1.57. The first-order chi connectivity index (χ1) is 8.56. The fourth-order valence-corrected chi connectivity index (χ4v) is 1.57. The minimum absolute atomic E-state index is 0.0569. The van der Waals surface area contributed by atoms with Gasteiger partial charge in [0, 0.05) is 20.2 Å². The highest BCUT2D eigenvalue weighted by atomic mass is 19.1. The molecule has 18 heavy (non-hydrogen) atoms. The molecule has 0 bridgehead atoms. The van der Waals surface area contributed by atoms with E-state index in [1.165, 1.54) is 13.2 Å². The van der Waals surface area contributed by atoms with Crippen LogP contribution >= 0.6 is 0 Å². The lowest BCUT2D eigenvalue weighted by atomic mass is 10.1. The van der Waals surface area contributed by atoms with Gasteiger partial charge in [-0.2, -0.15) is 0 Å². The average Bonchev–Trinajstić information content (AvgIpc) is 2.29. The minimum atomic E-state index is -1.30. The van der Waals surface area contributed by atoms with Gasteiger partial charge in [-0.3, -0.25) is 0 Å². The number of hydrogen-bond acceptors (Lipinski definition) is 4. The minimum Gasteiger partial charge on any atom is -0.389 e. The van der Waals surface area contributed by atoms with Crippen molar-refractivity contribution in [2.45, 2.75) is 12.2 Å². The molecule has 0 saturated heterocycles. The molecule has 6 heteroatoms. The van der Waals surface area contributed by atoms with Crippen LogP contribution in [0.1, 0.15) is 11.7 Å². The summed E-state index contributed by atoms with van der Waals surface area (Å²) in [5.41, 5.74) is -0.369. The van der Waals surface area contributed by atoms with Gasteiger partial charge in [0.05, 0.1) is 24.4 Å². The quantitative estimate of drug-likeness (QED) is 0.672. The summed E-state index contributed by atoms with van der Waals surface area (Å²) in [6.45, 7) is 0.261. The maximum Gasteiger partial charge on any atom is 0.131 e. The molecule has 1 rings (SSSR count). The number of aliphatic hydroxyl groups excluding tert-OH is 2. The Hall–Kier alpha value is -1.08. The monoisotopic (exact) mass is 261 g/mol. The van der Waals surface area contributed by atoms with E-state index >= 15 is 0 Å². The molecule has 0 radical (unpaired) electrons. The molecule has 2 atom stereocenters. The lowest BCUT2D eigenvalue weighted by molar-refractivity contribution is 0.0613. The number of aliphatic hydroxyl groups is 2. The standard InChI is InChI=1S/C12H17F2NO3/c1-18-7-8(16)5-15-6-11(17)12-9(13)3-2-4-10(12)14/h2-4,8,11,15-17H,5-7H2,1H3. The highest BCUT2D eigenvalue weighted by molar-refractivity contribution is 5.22. The Bertz CT molecular complexity index is 356. The second kappa shape index (κ2) is 7.38. The lowest BCUT2D eigenvalue weighted by Crippen LogP contribution is -2.33. The first-order valence-corrected chi connectivity index (χ1v) is 5.56. The molecular formula is C12H17F2NO3. The predicted octanol–water partition coefficient (Wildman–Crippen LogP) is 0.595. The Balaban J connectivity index is 2.48. The van der Waals surface area contributed by atoms with Crippen LogP contribution in [0.4, 0.5) is 8.78 Å². The van der Waals surface area contributed by atoms with Crippen LogP contribution in [0.2, 0.25) is 0 Å². The summed E-state index contributed by atoms with van der Waals surface area (Å²) in [6.07, 6.45) is -2.03. The third kappa shape index (κ3) is 4.30. The lowest BCUT2D eigenvalue weighted by Gasteiger charge is -2.15. The Morgan fingerprint density at radius 2 is 1.83 bits per heavy atom. The molecule has 0 heterocycles. The van der Waals surface area contributed by atoms with E-state index in [0.717, 1.165) is 12.1 Å². The molecule has 1 aromatic rings. The highest BCUT2D eigenvalue weighted by Crippen LogP contribution is 2.19. The Morgan fingerprint density at radius 1 is 1.22 bits per heavy atom. The maximum atomic E-state index is 13.3. The molecule has 102 valence electrons. The van der Waals surface area contributed by atoms with Crippen LogP contribution in [0, 0.1) is 11.6 Å². The molecule has 0 aliphatic rings. The summed E-state index contributed by atoms with van der Waals surface area (Å²) < 4.78 is 31.3. The zero-order valence-electron chi connectivity index (χ0n) is 10.1. The molecule has 0 aromatic heterocycles. The summed E-state index contributed by atoms with van der Waals surface area (Å²) in [5.74, 6) is -1.58. The first kappa shape index (κ1) is 15.0. The van der Waals surface area contributed by atoms with Crippen LogP contribution in [0.3, 0.4) is 0 Å². The maximum absolute atomic E-state index is 13.3. The number of hydrogen-bond donors (Lipinski definition) is 3. The van der Waals surface area contributed by atoms with Crippen molar-refractivity contribution in [3.63, 3.8) is 0 Å². The number of halogens is 2. The summed E-state index contributed by atoms with van der Waals surface area (Å²) >= 11 is 0. The molecular weight excluding hydrogens is 244 g/mol. The molecule has 0 amide bonds. The van der Waals surface area contributed by atoms with E-state index in [0.29, 0.717) is 0 Å². The second-order valence-corrected chi connectivity index (χ2v) is 3.92. The SMILES string of the molecule is COCC(O)CNCC(O)c1c(F)cccc1F. The molecule has 0 fully saturated rings. The number of nitrogens with one attached hydrogen (secondary N) is 1. The van der Waals surface area contributed by atoms with Gasteiger partial charge in [-0.25, -0.2) is 8.78 Å². The molecule has 2 unspecified atom stereocenters. The number of benzene rings is 1. The van der Waals surface area contributed by atoms with Crippen molar-refractivity contribution in [1.29, 1.82) is 0 Å². The molecule has 0 aliphatic carbocycles. The van der Waals surface area contributed by atoms with E-state index in [1.54, 1.807) is 0 Å². The molecule has 0 aliphatic heterocycles. The predicted molar refractivity (Wildman–Crippen MR) is 62.1 cm³/mol. The number of ether oxygens (including phenoxy) is 1. The zero-order chi connectivity index (χ0) is 13.5. The summed E-state index contributed by atoms with van der Waals surface area (Å²) in [7, 11) is 1.45. The van der Waals surface area contributed by atoms with Gasteiger partial charge in [0.25, 0.3) is 0 Å². The van der Waals surface area contributed by atoms with E-state index in [2.05, 4.69) is 5.32 Å². The topological polar surface area (TPSA) is 61.7 Å². The summed E-state index contributed by atoms with van der Waals surface area (Å²) in [5, 5.41) is 21.7. The van der Waals surface area contributed by atoms with Crippen molar-refractivity contribution in [3.05, 3.63) is 35.4 Å².